The maximum absolute atomic E-state index is 2.42. The lowest BCUT2D eigenvalue weighted by molar-refractivity contribution is 0.330. The van der Waals surface area contributed by atoms with Crippen LogP contribution in [0.3, 0.4) is 0 Å². The molecule has 2 atom stereocenters. The molecule has 0 amide bonds. The third-order valence-corrected chi connectivity index (χ3v) is 5.75. The third-order valence-electron chi connectivity index (χ3n) is 5.75. The van der Waals surface area contributed by atoms with Crippen molar-refractivity contribution in [1.29, 1.82) is 0 Å². The molecule has 2 heteroatoms. The molecule has 23 heavy (non-hydrogen) atoms. The predicted octanol–water partition coefficient (Wildman–Crippen LogP) is 5.26. The fourth-order valence-electron chi connectivity index (χ4n) is 4.13. The van der Waals surface area contributed by atoms with Gasteiger partial charge in [-0.25, -0.2) is 0 Å². The summed E-state index contributed by atoms with van der Waals surface area (Å²) in [5, 5.41) is 4.73. The first-order valence-electron chi connectivity index (χ1n) is 8.98. The molecule has 0 saturated heterocycles. The van der Waals surface area contributed by atoms with Crippen LogP contribution in [0.1, 0.15) is 40.5 Å². The molecule has 1 aromatic carbocycles. The highest BCUT2D eigenvalue weighted by atomic mass is 15.6. The largest absolute Gasteiger partial charge is 0.288 e. The second-order valence-corrected chi connectivity index (χ2v) is 7.46. The van der Waals surface area contributed by atoms with Gasteiger partial charge in [-0.1, -0.05) is 44.5 Å². The SMILES string of the molecule is CC1=C(C2=CCN(c3ccccc3)N2C)C(C(C)C)CC[C@H]1C. The summed E-state index contributed by atoms with van der Waals surface area (Å²) in [4.78, 5) is 0. The first-order valence-corrected chi connectivity index (χ1v) is 8.98. The lowest BCUT2D eigenvalue weighted by atomic mass is 9.72. The Balaban J connectivity index is 1.93. The molecule has 3 rings (SSSR count). The minimum atomic E-state index is 0.690. The van der Waals surface area contributed by atoms with Gasteiger partial charge in [-0.2, -0.15) is 0 Å². The summed E-state index contributed by atoms with van der Waals surface area (Å²) in [5.41, 5.74) is 5.91. The van der Waals surface area contributed by atoms with Crippen LogP contribution in [-0.2, 0) is 0 Å². The Labute approximate surface area is 141 Å². The van der Waals surface area contributed by atoms with E-state index in [0.717, 1.165) is 6.54 Å². The van der Waals surface area contributed by atoms with Crippen LogP contribution in [0, 0.1) is 17.8 Å². The van der Waals surface area contributed by atoms with Crippen molar-refractivity contribution in [3.05, 3.63) is 53.3 Å². The topological polar surface area (TPSA) is 6.48 Å². The van der Waals surface area contributed by atoms with Gasteiger partial charge in [0.2, 0.25) is 0 Å². The van der Waals surface area contributed by atoms with Crippen LogP contribution in [0.2, 0.25) is 0 Å². The minimum absolute atomic E-state index is 0.690. The van der Waals surface area contributed by atoms with Crippen molar-refractivity contribution < 1.29 is 0 Å². The average molecular weight is 310 g/mol. The molecule has 1 heterocycles. The number of rotatable bonds is 3. The normalized spacial score (nSPS) is 25.4. The summed E-state index contributed by atoms with van der Waals surface area (Å²) in [6.45, 7) is 10.5. The zero-order valence-corrected chi connectivity index (χ0v) is 15.2. The van der Waals surface area contributed by atoms with Gasteiger partial charge in [0, 0.05) is 7.05 Å². The molecular formula is C21H30N2. The summed E-state index contributed by atoms with van der Waals surface area (Å²) in [6, 6.07) is 10.7. The van der Waals surface area contributed by atoms with E-state index in [4.69, 9.17) is 0 Å². The summed E-state index contributed by atoms with van der Waals surface area (Å²) < 4.78 is 0. The molecule has 0 saturated carbocycles. The number of hydrogen-bond acceptors (Lipinski definition) is 2. The fraction of sp³-hybridized carbons (Fsp3) is 0.524. The van der Waals surface area contributed by atoms with Crippen molar-refractivity contribution in [3.8, 4) is 0 Å². The van der Waals surface area contributed by atoms with E-state index >= 15 is 0 Å². The summed E-state index contributed by atoms with van der Waals surface area (Å²) in [7, 11) is 2.21. The molecule has 0 aromatic heterocycles. The number of likely N-dealkylation sites (N-methyl/N-ethyl adjacent to an activating group) is 1. The molecule has 1 aliphatic carbocycles. The van der Waals surface area contributed by atoms with Gasteiger partial charge in [-0.05, 0) is 61.3 Å². The quantitative estimate of drug-likeness (QED) is 0.751. The molecule has 0 N–H and O–H groups in total. The van der Waals surface area contributed by atoms with E-state index < -0.39 is 0 Å². The van der Waals surface area contributed by atoms with Crippen molar-refractivity contribution in [3.63, 3.8) is 0 Å². The van der Waals surface area contributed by atoms with Gasteiger partial charge in [-0.15, -0.1) is 0 Å². The second-order valence-electron chi connectivity index (χ2n) is 7.46. The lowest BCUT2D eigenvalue weighted by Crippen LogP contribution is -2.36. The number of nitrogens with zero attached hydrogens (tertiary/aromatic N) is 2. The lowest BCUT2D eigenvalue weighted by Gasteiger charge is -2.38. The van der Waals surface area contributed by atoms with E-state index in [9.17, 15) is 0 Å². The van der Waals surface area contributed by atoms with Crippen molar-refractivity contribution in [1.82, 2.24) is 5.01 Å². The van der Waals surface area contributed by atoms with Crippen molar-refractivity contribution in [2.45, 2.75) is 40.5 Å². The highest BCUT2D eigenvalue weighted by Crippen LogP contribution is 2.43. The molecule has 0 radical (unpaired) electrons. The highest BCUT2D eigenvalue weighted by Gasteiger charge is 2.33. The van der Waals surface area contributed by atoms with E-state index in [-0.39, 0.29) is 0 Å². The Hall–Kier alpha value is -1.70. The summed E-state index contributed by atoms with van der Waals surface area (Å²) in [5.74, 6) is 2.10. The Kier molecular flexibility index (Phi) is 4.52. The molecule has 124 valence electrons. The second kappa shape index (κ2) is 6.43. The first kappa shape index (κ1) is 16.2. The van der Waals surface area contributed by atoms with E-state index in [0.29, 0.717) is 17.8 Å². The summed E-state index contributed by atoms with van der Waals surface area (Å²) >= 11 is 0. The first-order chi connectivity index (χ1) is 11.0. The number of para-hydroxylation sites is 1. The van der Waals surface area contributed by atoms with Gasteiger partial charge in [0.1, 0.15) is 0 Å². The van der Waals surface area contributed by atoms with E-state index in [1.165, 1.54) is 24.2 Å². The van der Waals surface area contributed by atoms with Crippen molar-refractivity contribution in [2.75, 3.05) is 18.6 Å². The minimum Gasteiger partial charge on any atom is -0.288 e. The molecule has 0 bridgehead atoms. The predicted molar refractivity (Wildman–Crippen MR) is 99.1 cm³/mol. The Morgan fingerprint density at radius 3 is 2.43 bits per heavy atom. The zero-order chi connectivity index (χ0) is 16.6. The fourth-order valence-corrected chi connectivity index (χ4v) is 4.13. The zero-order valence-electron chi connectivity index (χ0n) is 15.2. The third kappa shape index (κ3) is 2.91. The molecule has 1 aliphatic heterocycles. The molecule has 0 spiro atoms. The van der Waals surface area contributed by atoms with Crippen molar-refractivity contribution in [2.24, 2.45) is 17.8 Å². The van der Waals surface area contributed by atoms with Gasteiger partial charge in [0.25, 0.3) is 0 Å². The van der Waals surface area contributed by atoms with Crippen LogP contribution < -0.4 is 5.01 Å². The van der Waals surface area contributed by atoms with Crippen LogP contribution in [-0.4, -0.2) is 18.6 Å². The van der Waals surface area contributed by atoms with E-state index in [2.05, 4.69) is 81.2 Å². The van der Waals surface area contributed by atoms with Crippen LogP contribution in [0.4, 0.5) is 5.69 Å². The Morgan fingerprint density at radius 2 is 1.78 bits per heavy atom. The number of anilines is 1. The van der Waals surface area contributed by atoms with Crippen molar-refractivity contribution >= 4 is 5.69 Å². The average Bonchev–Trinajstić information content (AvgIpc) is 2.92. The van der Waals surface area contributed by atoms with Crippen LogP contribution in [0.5, 0.6) is 0 Å². The van der Waals surface area contributed by atoms with Gasteiger partial charge >= 0.3 is 0 Å². The molecule has 1 aromatic rings. The molecule has 2 nitrogen and oxygen atoms in total. The maximum atomic E-state index is 2.42. The van der Waals surface area contributed by atoms with Gasteiger partial charge < -0.3 is 0 Å². The smallest absolute Gasteiger partial charge is 0.0600 e. The van der Waals surface area contributed by atoms with Crippen LogP contribution in [0.15, 0.2) is 53.3 Å². The van der Waals surface area contributed by atoms with Gasteiger partial charge in [-0.3, -0.25) is 10.0 Å². The standard InChI is InChI=1S/C21H30N2/c1-15(2)19-12-11-16(3)17(4)21(19)20-13-14-23(22(20)5)18-9-7-6-8-10-18/h6-10,13,15-16,19H,11-12,14H2,1-5H3/t16-,19?/m1/s1. The summed E-state index contributed by atoms with van der Waals surface area (Å²) in [6.07, 6.45) is 5.07. The monoisotopic (exact) mass is 310 g/mol. The molecule has 0 fully saturated rings. The number of hydrazine groups is 1. The maximum Gasteiger partial charge on any atom is 0.0600 e. The number of allylic oxidation sites excluding steroid dienone is 2. The Morgan fingerprint density at radius 1 is 1.09 bits per heavy atom. The number of benzene rings is 1. The van der Waals surface area contributed by atoms with E-state index in [1.807, 2.05) is 0 Å². The Bertz CT molecular complexity index is 612. The molecular weight excluding hydrogens is 280 g/mol. The van der Waals surface area contributed by atoms with Crippen LogP contribution in [0.25, 0.3) is 0 Å². The molecule has 1 unspecified atom stereocenters. The highest BCUT2D eigenvalue weighted by molar-refractivity contribution is 5.52. The van der Waals surface area contributed by atoms with Gasteiger partial charge in [0.15, 0.2) is 0 Å². The number of hydrogen-bond donors (Lipinski definition) is 0. The van der Waals surface area contributed by atoms with Gasteiger partial charge in [0.05, 0.1) is 17.9 Å². The van der Waals surface area contributed by atoms with Crippen LogP contribution >= 0.6 is 0 Å². The molecule has 2 aliphatic rings. The van der Waals surface area contributed by atoms with E-state index in [1.54, 1.807) is 11.1 Å².